The van der Waals surface area contributed by atoms with E-state index in [1.165, 1.54) is 103 Å². The van der Waals surface area contributed by atoms with Gasteiger partial charge in [-0.3, -0.25) is 0 Å². The molecule has 2 aliphatic carbocycles. The van der Waals surface area contributed by atoms with Crippen molar-refractivity contribution >= 4 is 39.6 Å². The molecule has 3 nitrogen and oxygen atoms in total. The van der Waals surface area contributed by atoms with Crippen molar-refractivity contribution in [1.82, 2.24) is 9.97 Å². The average molecular weight is 1020 g/mol. The van der Waals surface area contributed by atoms with E-state index in [1.807, 2.05) is 12.3 Å². The molecule has 0 saturated heterocycles. The molecule has 5 heteroatoms. The van der Waals surface area contributed by atoms with Crippen LogP contribution in [0.4, 0.5) is 0 Å². The number of rotatable bonds is 8. The number of hydrogen-bond donors (Lipinski definition) is 0. The van der Waals surface area contributed by atoms with Crippen LogP contribution in [0.25, 0.3) is 55.6 Å². The predicted molar refractivity (Wildman–Crippen MR) is 248 cm³/mol. The van der Waals surface area contributed by atoms with E-state index in [9.17, 15) is 0 Å². The Kier molecular flexibility index (Phi) is 13.8. The van der Waals surface area contributed by atoms with Crippen LogP contribution in [0.15, 0.2) is 102 Å². The van der Waals surface area contributed by atoms with Gasteiger partial charge in [-0.2, -0.15) is 0 Å². The summed E-state index contributed by atoms with van der Waals surface area (Å²) in [7, 11) is 0. The third-order valence-corrected chi connectivity index (χ3v) is 17.4. The molecule has 1 unspecified atom stereocenters. The van der Waals surface area contributed by atoms with Gasteiger partial charge >= 0.3 is 144 Å². The monoisotopic (exact) mass is 1020 g/mol. The molecule has 0 amide bonds. The van der Waals surface area contributed by atoms with Crippen molar-refractivity contribution in [2.24, 2.45) is 11.8 Å². The van der Waals surface area contributed by atoms with Gasteiger partial charge in [0.05, 0.1) is 5.58 Å². The maximum atomic E-state index is 6.58. The molecule has 7 aromatic rings. The number of furan rings is 1. The van der Waals surface area contributed by atoms with E-state index in [2.05, 4.69) is 142 Å². The van der Waals surface area contributed by atoms with E-state index in [0.29, 0.717) is 5.92 Å². The van der Waals surface area contributed by atoms with E-state index >= 15 is 0 Å². The Bertz CT molecular complexity index is 2520. The Morgan fingerprint density at radius 2 is 1.53 bits per heavy atom. The fourth-order valence-electron chi connectivity index (χ4n) is 9.77. The Balaban J connectivity index is 0.000000192. The van der Waals surface area contributed by atoms with Crippen LogP contribution in [0.5, 0.6) is 0 Å². The molecule has 307 valence electrons. The van der Waals surface area contributed by atoms with Crippen LogP contribution in [0.2, 0.25) is 17.3 Å². The number of aryl methyl sites for hydroxylation is 3. The maximum Gasteiger partial charge on any atom is 0 e. The summed E-state index contributed by atoms with van der Waals surface area (Å²) < 4.78 is 8.17. The van der Waals surface area contributed by atoms with Crippen molar-refractivity contribution in [3.8, 4) is 33.6 Å². The van der Waals surface area contributed by atoms with Gasteiger partial charge in [-0.05, 0) is 72.2 Å². The van der Waals surface area contributed by atoms with Crippen LogP contribution in [0.3, 0.4) is 0 Å². The molecule has 1 radical (unpaired) electrons. The van der Waals surface area contributed by atoms with Crippen molar-refractivity contribution < 1.29 is 24.5 Å². The third kappa shape index (κ3) is 9.72. The van der Waals surface area contributed by atoms with E-state index in [4.69, 9.17) is 14.4 Å². The topological polar surface area (TPSA) is 38.9 Å². The Hall–Kier alpha value is -3.83. The first-order valence-electron chi connectivity index (χ1n) is 21.9. The van der Waals surface area contributed by atoms with Gasteiger partial charge in [0, 0.05) is 31.7 Å². The fourth-order valence-corrected chi connectivity index (χ4v) is 13.1. The number of aromatic nitrogens is 2. The van der Waals surface area contributed by atoms with Crippen LogP contribution in [-0.4, -0.2) is 23.2 Å². The Labute approximate surface area is 369 Å². The molecule has 0 bridgehead atoms. The van der Waals surface area contributed by atoms with Crippen LogP contribution in [-0.2, 0) is 26.5 Å². The zero-order valence-electron chi connectivity index (χ0n) is 36.2. The summed E-state index contributed by atoms with van der Waals surface area (Å²) in [6.45, 7) is 8.85. The average Bonchev–Trinajstić information content (AvgIpc) is 3.89. The summed E-state index contributed by atoms with van der Waals surface area (Å²) >= 11 is -1.88. The van der Waals surface area contributed by atoms with E-state index in [0.717, 1.165) is 50.9 Å². The first-order valence-corrected chi connectivity index (χ1v) is 29.3. The van der Waals surface area contributed by atoms with Gasteiger partial charge in [0.2, 0.25) is 0 Å². The summed E-state index contributed by atoms with van der Waals surface area (Å²) in [4.78, 5) is 9.59. The van der Waals surface area contributed by atoms with Gasteiger partial charge in [0.25, 0.3) is 0 Å². The van der Waals surface area contributed by atoms with Gasteiger partial charge < -0.3 is 9.40 Å². The molecule has 9 rings (SSSR count). The molecule has 3 heterocycles. The molecule has 2 saturated carbocycles. The number of benzene rings is 4. The first kappa shape index (κ1) is 43.3. The van der Waals surface area contributed by atoms with E-state index in [-0.39, 0.29) is 20.1 Å². The summed E-state index contributed by atoms with van der Waals surface area (Å²) in [5.41, 5.74) is 15.0. The van der Waals surface area contributed by atoms with Gasteiger partial charge in [0.15, 0.2) is 0 Å². The SMILES string of the molecule is Cc1cc2c(cc1-c1ccccc1)oc1c(-c3cc(C(C)C4CCCCC4)ccn3)[c-]cc(C)c12.Cc1cc[c-]c(-c2cc(CC3CCCC3)[c]([Ge]([CH3])([CH3])[CH3])cn2)c1.[Ir]. The number of hydrogen-bond acceptors (Lipinski definition) is 3. The van der Waals surface area contributed by atoms with Crippen LogP contribution in [0.1, 0.15) is 98.4 Å². The standard InChI is InChI=1S/C33H32NO.C21H28GeN.Ir/c1-21-14-15-27(30-19-26(16-17-34-30)23(3)24-10-6-4-7-11-24)33-32(21)29-18-22(2)28(20-31(29)35-33)25-12-8-5-9-13-25;1-16-8-7-11-18(12-16)21-14-19(13-17-9-5-6-10-17)20(15-23-21)22(2,3)4;/h5,8-9,12-14,16-20,23-24H,4,6-7,10-11H2,1-3H3;7-8,12,14-15,17H,5-6,9-10,13H2,1-4H3;/q2*-1;. The Morgan fingerprint density at radius 3 is 2.25 bits per heavy atom. The second-order valence-electron chi connectivity index (χ2n) is 18.5. The summed E-state index contributed by atoms with van der Waals surface area (Å²) in [6, 6.07) is 37.1. The third-order valence-electron chi connectivity index (χ3n) is 13.1. The van der Waals surface area contributed by atoms with Crippen molar-refractivity contribution in [3.63, 3.8) is 0 Å². The van der Waals surface area contributed by atoms with Crippen molar-refractivity contribution in [2.75, 3.05) is 0 Å². The molecule has 1 atom stereocenters. The van der Waals surface area contributed by atoms with E-state index in [1.54, 1.807) is 9.96 Å². The van der Waals surface area contributed by atoms with Crippen LogP contribution in [0, 0.1) is 44.7 Å². The van der Waals surface area contributed by atoms with Crippen molar-refractivity contribution in [2.45, 2.75) is 115 Å². The molecule has 3 aromatic heterocycles. The number of nitrogens with zero attached hydrogens (tertiary/aromatic N) is 2. The van der Waals surface area contributed by atoms with E-state index < -0.39 is 13.3 Å². The van der Waals surface area contributed by atoms with Gasteiger partial charge in [0.1, 0.15) is 5.58 Å². The fraction of sp³-hybridized carbons (Fsp3) is 0.370. The molecule has 2 aliphatic rings. The minimum absolute atomic E-state index is 0. The van der Waals surface area contributed by atoms with Gasteiger partial charge in [-0.25, -0.2) is 0 Å². The molecular formula is C54H60GeIrN2O-2. The molecule has 0 spiro atoms. The second-order valence-corrected chi connectivity index (χ2v) is 29.0. The zero-order chi connectivity index (χ0) is 40.4. The normalized spacial score (nSPS) is 15.5. The summed E-state index contributed by atoms with van der Waals surface area (Å²) in [6.07, 6.45) is 17.8. The van der Waals surface area contributed by atoms with Crippen molar-refractivity contribution in [1.29, 1.82) is 0 Å². The zero-order valence-corrected chi connectivity index (χ0v) is 40.7. The van der Waals surface area contributed by atoms with Gasteiger partial charge in [-0.15, -0.1) is 17.7 Å². The largest absolute Gasteiger partial charge is 0 e. The maximum absolute atomic E-state index is 6.58. The molecule has 0 N–H and O–H groups in total. The molecular weight excluding hydrogens is 957 g/mol. The first-order chi connectivity index (χ1) is 28.0. The number of fused-ring (bicyclic) bond motifs is 3. The number of pyridine rings is 2. The minimum atomic E-state index is -1.88. The van der Waals surface area contributed by atoms with Crippen LogP contribution >= 0.6 is 0 Å². The molecule has 59 heavy (non-hydrogen) atoms. The minimum Gasteiger partial charge on any atom is 0 e. The smallest absolute Gasteiger partial charge is 0 e. The Morgan fingerprint density at radius 1 is 0.780 bits per heavy atom. The molecule has 0 aliphatic heterocycles. The quantitative estimate of drug-likeness (QED) is 0.112. The summed E-state index contributed by atoms with van der Waals surface area (Å²) in [5.74, 6) is 9.64. The van der Waals surface area contributed by atoms with Crippen LogP contribution < -0.4 is 4.40 Å². The van der Waals surface area contributed by atoms with Crippen molar-refractivity contribution in [3.05, 3.63) is 137 Å². The molecule has 4 aromatic carbocycles. The predicted octanol–water partition coefficient (Wildman–Crippen LogP) is 14.5. The second kappa shape index (κ2) is 18.8. The van der Waals surface area contributed by atoms with Gasteiger partial charge in [-0.1, -0.05) is 86.0 Å². The summed E-state index contributed by atoms with van der Waals surface area (Å²) in [5, 5.41) is 2.33. The molecule has 2 fully saturated rings.